The minimum atomic E-state index is -0.753. The molecule has 2 aromatic heterocycles. The molecule has 1 unspecified atom stereocenters. The highest BCUT2D eigenvalue weighted by molar-refractivity contribution is 7.13. The van der Waals surface area contributed by atoms with Crippen molar-refractivity contribution in [2.24, 2.45) is 5.73 Å². The largest absolute Gasteiger partial charge is 0.444 e. The lowest BCUT2D eigenvalue weighted by atomic mass is 10.0. The molecule has 0 aliphatic carbocycles. The van der Waals surface area contributed by atoms with Gasteiger partial charge in [0.15, 0.2) is 16.6 Å². The second-order valence-electron chi connectivity index (χ2n) is 9.46. The number of thiazole rings is 1. The minimum absolute atomic E-state index is 0.0136. The molecular weight excluding hydrogens is 482 g/mol. The van der Waals surface area contributed by atoms with Gasteiger partial charge < -0.3 is 16.3 Å². The summed E-state index contributed by atoms with van der Waals surface area (Å²) >= 11 is 1.32. The molecule has 36 heavy (non-hydrogen) atoms. The van der Waals surface area contributed by atoms with Gasteiger partial charge in [-0.1, -0.05) is 12.1 Å². The summed E-state index contributed by atoms with van der Waals surface area (Å²) in [4.78, 5) is 48.1. The number of anilines is 1. The number of hydrogen-bond acceptors (Lipinski definition) is 8. The third kappa shape index (κ3) is 5.33. The Hall–Kier alpha value is -3.93. The van der Waals surface area contributed by atoms with E-state index in [1.54, 1.807) is 61.5 Å². The van der Waals surface area contributed by atoms with Crippen molar-refractivity contribution < 1.29 is 19.1 Å². The van der Waals surface area contributed by atoms with E-state index in [2.05, 4.69) is 15.3 Å². The van der Waals surface area contributed by atoms with E-state index in [1.165, 1.54) is 11.3 Å². The maximum atomic E-state index is 12.9. The topological polar surface area (TPSA) is 158 Å². The van der Waals surface area contributed by atoms with Crippen molar-refractivity contribution in [3.05, 3.63) is 52.9 Å². The molecule has 4 rings (SSSR count). The second kappa shape index (κ2) is 9.97. The monoisotopic (exact) mass is 511 g/mol. The summed E-state index contributed by atoms with van der Waals surface area (Å²) in [6.07, 6.45) is 3.43. The number of piperidine rings is 1. The van der Waals surface area contributed by atoms with Gasteiger partial charge >= 0.3 is 6.09 Å². The van der Waals surface area contributed by atoms with Crippen LogP contribution in [-0.4, -0.2) is 49.6 Å². The Kier molecular flexibility index (Phi) is 6.97. The highest BCUT2D eigenvalue weighted by atomic mass is 32.1. The fourth-order valence-corrected chi connectivity index (χ4v) is 4.62. The molecule has 0 bridgehead atoms. The van der Waals surface area contributed by atoms with E-state index in [9.17, 15) is 14.4 Å². The number of carbonyl (C=O) groups excluding carboxylic acids is 3. The van der Waals surface area contributed by atoms with Crippen LogP contribution in [0.3, 0.4) is 0 Å². The summed E-state index contributed by atoms with van der Waals surface area (Å²) in [6.45, 7) is 5.89. The number of imidazole rings is 1. The minimum Gasteiger partial charge on any atom is -0.444 e. The number of rotatable bonds is 5. The molecule has 11 nitrogen and oxygen atoms in total. The number of carbonyl (C=O) groups is 3. The Morgan fingerprint density at radius 2 is 1.89 bits per heavy atom. The van der Waals surface area contributed by atoms with E-state index >= 15 is 0 Å². The number of aromatic nitrogens is 3. The maximum Gasteiger partial charge on any atom is 0.410 e. The Balaban J connectivity index is 1.65. The molecule has 1 aromatic carbocycles. The van der Waals surface area contributed by atoms with Crippen LogP contribution in [0.1, 0.15) is 72.7 Å². The number of hydrogen-bond donors (Lipinski definition) is 3. The molecular formula is C24H29N7O4S. The van der Waals surface area contributed by atoms with Crippen molar-refractivity contribution in [1.82, 2.24) is 19.5 Å². The van der Waals surface area contributed by atoms with Gasteiger partial charge in [-0.15, -0.1) is 11.3 Å². The first-order valence-electron chi connectivity index (χ1n) is 11.5. The SMILES string of the molecule is CC(C)(C)OC(=O)N1CCCCC1c1nc(-c2ccc(C(=O)Nc3nccs3)cc2)c(C(N)=O)n1N. The number of benzene rings is 1. The fraction of sp³-hybridized carbons (Fsp3) is 0.375. The van der Waals surface area contributed by atoms with Crippen LogP contribution in [0.25, 0.3) is 11.3 Å². The van der Waals surface area contributed by atoms with Crippen LogP contribution in [0.2, 0.25) is 0 Å². The van der Waals surface area contributed by atoms with Crippen LogP contribution in [0.5, 0.6) is 0 Å². The Morgan fingerprint density at radius 3 is 2.50 bits per heavy atom. The zero-order valence-corrected chi connectivity index (χ0v) is 21.2. The summed E-state index contributed by atoms with van der Waals surface area (Å²) in [5, 5.41) is 4.98. The fourth-order valence-electron chi connectivity index (χ4n) is 4.09. The van der Waals surface area contributed by atoms with Crippen LogP contribution in [0.15, 0.2) is 35.8 Å². The number of nitrogens with one attached hydrogen (secondary N) is 1. The summed E-state index contributed by atoms with van der Waals surface area (Å²) in [5.74, 6) is 5.60. The number of primary amides is 1. The van der Waals surface area contributed by atoms with Gasteiger partial charge in [0.2, 0.25) is 0 Å². The molecule has 12 heteroatoms. The van der Waals surface area contributed by atoms with Crippen molar-refractivity contribution in [2.45, 2.75) is 51.7 Å². The first-order valence-corrected chi connectivity index (χ1v) is 12.4. The van der Waals surface area contributed by atoms with Gasteiger partial charge in [-0.3, -0.25) is 19.8 Å². The maximum absolute atomic E-state index is 12.9. The molecule has 1 fully saturated rings. The third-order valence-corrected chi connectivity index (χ3v) is 6.36. The van der Waals surface area contributed by atoms with Crippen molar-refractivity contribution >= 4 is 34.4 Å². The molecule has 1 aliphatic heterocycles. The van der Waals surface area contributed by atoms with Gasteiger partial charge in [0.05, 0.1) is 6.04 Å². The predicted octanol–water partition coefficient (Wildman–Crippen LogP) is 3.53. The van der Waals surface area contributed by atoms with Gasteiger partial charge in [0.1, 0.15) is 11.3 Å². The van der Waals surface area contributed by atoms with Crippen LogP contribution < -0.4 is 16.9 Å². The van der Waals surface area contributed by atoms with E-state index in [-0.39, 0.29) is 17.3 Å². The summed E-state index contributed by atoms with van der Waals surface area (Å²) in [7, 11) is 0. The van der Waals surface area contributed by atoms with E-state index in [0.717, 1.165) is 17.5 Å². The summed E-state index contributed by atoms with van der Waals surface area (Å²) in [6, 6.07) is 6.09. The molecule has 1 atom stereocenters. The lowest BCUT2D eigenvalue weighted by Gasteiger charge is -2.36. The molecule has 0 radical (unpaired) electrons. The standard InChI is InChI=1S/C24H29N7O4S/c1-24(2,3)35-23(34)30-12-5-4-6-16(30)20-28-17(18(19(25)32)31(20)26)14-7-9-15(10-8-14)21(33)29-22-27-11-13-36-22/h7-11,13,16H,4-6,12,26H2,1-3H3,(H2,25,32)(H,27,29,33). The molecule has 190 valence electrons. The molecule has 0 saturated carbocycles. The van der Waals surface area contributed by atoms with Gasteiger partial charge in [0.25, 0.3) is 11.8 Å². The van der Waals surface area contributed by atoms with Crippen LogP contribution in [0, 0.1) is 0 Å². The van der Waals surface area contributed by atoms with E-state index in [1.807, 2.05) is 0 Å². The Morgan fingerprint density at radius 1 is 1.17 bits per heavy atom. The zero-order valence-electron chi connectivity index (χ0n) is 20.4. The second-order valence-corrected chi connectivity index (χ2v) is 10.4. The van der Waals surface area contributed by atoms with E-state index in [4.69, 9.17) is 16.3 Å². The quantitative estimate of drug-likeness (QED) is 0.442. The van der Waals surface area contributed by atoms with E-state index in [0.29, 0.717) is 35.0 Å². The highest BCUT2D eigenvalue weighted by Gasteiger charge is 2.36. The Labute approximate surface area is 212 Å². The number of ether oxygens (including phenoxy) is 1. The molecule has 5 N–H and O–H groups in total. The molecule has 3 aromatic rings. The van der Waals surface area contributed by atoms with Gasteiger partial charge in [-0.25, -0.2) is 19.4 Å². The number of nitrogen functional groups attached to an aromatic ring is 1. The average Bonchev–Trinajstić information content (AvgIpc) is 3.45. The summed E-state index contributed by atoms with van der Waals surface area (Å²) in [5.41, 5.74) is 6.27. The molecule has 1 saturated heterocycles. The normalized spacial score (nSPS) is 16.0. The predicted molar refractivity (Wildman–Crippen MR) is 136 cm³/mol. The Bertz CT molecular complexity index is 1260. The number of amides is 3. The number of nitrogens with two attached hydrogens (primary N) is 2. The molecule has 3 heterocycles. The molecule has 3 amide bonds. The van der Waals surface area contributed by atoms with Gasteiger partial charge in [0, 0.05) is 29.2 Å². The molecule has 1 aliphatic rings. The number of nitrogens with zero attached hydrogens (tertiary/aromatic N) is 4. The van der Waals surface area contributed by atoms with Crippen molar-refractivity contribution in [3.63, 3.8) is 0 Å². The first-order chi connectivity index (χ1) is 17.0. The van der Waals surface area contributed by atoms with Crippen LogP contribution >= 0.6 is 11.3 Å². The smallest absolute Gasteiger partial charge is 0.410 e. The van der Waals surface area contributed by atoms with Crippen molar-refractivity contribution in [2.75, 3.05) is 17.7 Å². The number of likely N-dealkylation sites (tertiary alicyclic amines) is 1. The zero-order chi connectivity index (χ0) is 26.0. The average molecular weight is 512 g/mol. The van der Waals surface area contributed by atoms with Crippen LogP contribution in [0.4, 0.5) is 9.93 Å². The summed E-state index contributed by atoms with van der Waals surface area (Å²) < 4.78 is 6.75. The van der Waals surface area contributed by atoms with E-state index < -0.39 is 23.6 Å². The van der Waals surface area contributed by atoms with Crippen LogP contribution in [-0.2, 0) is 4.74 Å². The third-order valence-electron chi connectivity index (χ3n) is 5.67. The van der Waals surface area contributed by atoms with Gasteiger partial charge in [-0.05, 0) is 52.2 Å². The van der Waals surface area contributed by atoms with Crippen molar-refractivity contribution in [1.29, 1.82) is 0 Å². The molecule has 0 spiro atoms. The lowest BCUT2D eigenvalue weighted by Crippen LogP contribution is -2.43. The first kappa shape index (κ1) is 25.2. The van der Waals surface area contributed by atoms with Gasteiger partial charge in [-0.2, -0.15) is 0 Å². The lowest BCUT2D eigenvalue weighted by molar-refractivity contribution is 0.00821. The van der Waals surface area contributed by atoms with Crippen molar-refractivity contribution in [3.8, 4) is 11.3 Å². The highest BCUT2D eigenvalue weighted by Crippen LogP contribution is 2.34.